The first-order chi connectivity index (χ1) is 13.5. The van der Waals surface area contributed by atoms with Crippen LogP contribution in [0.3, 0.4) is 0 Å². The first kappa shape index (κ1) is 21.6. The van der Waals surface area contributed by atoms with E-state index in [2.05, 4.69) is 59.0 Å². The van der Waals surface area contributed by atoms with Gasteiger partial charge in [0, 0.05) is 23.1 Å². The summed E-state index contributed by atoms with van der Waals surface area (Å²) in [6.07, 6.45) is 2.68. The monoisotopic (exact) mass is 393 g/mol. The third-order valence-corrected chi connectivity index (χ3v) is 5.82. The van der Waals surface area contributed by atoms with Crippen molar-refractivity contribution in [2.45, 2.75) is 78.5 Å². The predicted octanol–water partition coefficient (Wildman–Crippen LogP) is 6.01. The van der Waals surface area contributed by atoms with Gasteiger partial charge in [0.2, 0.25) is 0 Å². The molecule has 3 heteroatoms. The molecule has 2 aromatic rings. The van der Waals surface area contributed by atoms with Crippen molar-refractivity contribution in [3.8, 4) is 5.75 Å². The molecule has 29 heavy (non-hydrogen) atoms. The second-order valence-electron chi connectivity index (χ2n) is 10.0. The molecule has 1 N–H and O–H groups in total. The Morgan fingerprint density at radius 3 is 2.07 bits per heavy atom. The zero-order valence-electron chi connectivity index (χ0n) is 18.8. The average molecular weight is 394 g/mol. The minimum atomic E-state index is 0.0710. The Labute approximate surface area is 175 Å². The van der Waals surface area contributed by atoms with Gasteiger partial charge in [-0.15, -0.1) is 0 Å². The van der Waals surface area contributed by atoms with Crippen LogP contribution >= 0.6 is 0 Å². The molecule has 0 amide bonds. The van der Waals surface area contributed by atoms with Gasteiger partial charge < -0.3 is 10.1 Å². The highest BCUT2D eigenvalue weighted by molar-refractivity contribution is 5.96. The molecule has 0 spiro atoms. The molecule has 0 aliphatic carbocycles. The number of hydrogen-bond donors (Lipinski definition) is 1. The van der Waals surface area contributed by atoms with Gasteiger partial charge in [0.15, 0.2) is 5.78 Å². The molecular formula is C26H35NO2. The van der Waals surface area contributed by atoms with Crippen LogP contribution < -0.4 is 10.1 Å². The Morgan fingerprint density at radius 1 is 0.966 bits per heavy atom. The summed E-state index contributed by atoms with van der Waals surface area (Å²) in [5.74, 6) is 1.61. The second-order valence-corrected chi connectivity index (χ2v) is 10.0. The van der Waals surface area contributed by atoms with E-state index in [4.69, 9.17) is 4.74 Å². The fourth-order valence-corrected chi connectivity index (χ4v) is 5.03. The van der Waals surface area contributed by atoms with Crippen molar-refractivity contribution in [3.05, 3.63) is 64.7 Å². The molecule has 2 aromatic carbocycles. The summed E-state index contributed by atoms with van der Waals surface area (Å²) in [6.45, 7) is 13.6. The molecule has 0 radical (unpaired) electrons. The minimum Gasteiger partial charge on any atom is -0.488 e. The fraction of sp³-hybridized carbons (Fsp3) is 0.500. The third kappa shape index (κ3) is 5.70. The van der Waals surface area contributed by atoms with Crippen LogP contribution in [0.25, 0.3) is 0 Å². The maximum Gasteiger partial charge on any atom is 0.163 e. The van der Waals surface area contributed by atoms with Crippen molar-refractivity contribution in [1.82, 2.24) is 5.32 Å². The van der Waals surface area contributed by atoms with Gasteiger partial charge in [-0.25, -0.2) is 0 Å². The van der Waals surface area contributed by atoms with Gasteiger partial charge in [-0.1, -0.05) is 42.5 Å². The molecule has 1 saturated heterocycles. The van der Waals surface area contributed by atoms with Crippen molar-refractivity contribution >= 4 is 5.78 Å². The molecule has 1 aliphatic heterocycles. The van der Waals surface area contributed by atoms with Gasteiger partial charge in [0.25, 0.3) is 0 Å². The van der Waals surface area contributed by atoms with Crippen LogP contribution in [0.4, 0.5) is 0 Å². The van der Waals surface area contributed by atoms with Crippen molar-refractivity contribution in [2.75, 3.05) is 0 Å². The number of carbonyl (C=O) groups is 1. The molecule has 0 saturated carbocycles. The predicted molar refractivity (Wildman–Crippen MR) is 120 cm³/mol. The molecule has 1 heterocycles. The maximum atomic E-state index is 12.9. The van der Waals surface area contributed by atoms with E-state index in [0.717, 1.165) is 40.8 Å². The second kappa shape index (κ2) is 8.31. The van der Waals surface area contributed by atoms with E-state index in [1.807, 2.05) is 30.3 Å². The number of ether oxygens (including phenoxy) is 1. The number of rotatable bonds is 6. The first-order valence-electron chi connectivity index (χ1n) is 10.7. The summed E-state index contributed by atoms with van der Waals surface area (Å²) < 4.78 is 6.03. The van der Waals surface area contributed by atoms with Gasteiger partial charge in [0.1, 0.15) is 12.4 Å². The van der Waals surface area contributed by atoms with Crippen molar-refractivity contribution in [2.24, 2.45) is 5.92 Å². The van der Waals surface area contributed by atoms with Gasteiger partial charge in [-0.2, -0.15) is 0 Å². The van der Waals surface area contributed by atoms with E-state index < -0.39 is 0 Å². The normalized spacial score (nSPS) is 18.4. The number of aryl methyl sites for hydroxylation is 2. The Balaban J connectivity index is 1.60. The number of hydrogen-bond acceptors (Lipinski definition) is 3. The largest absolute Gasteiger partial charge is 0.488 e. The lowest BCUT2D eigenvalue weighted by atomic mass is 9.74. The van der Waals surface area contributed by atoms with Crippen LogP contribution in [-0.2, 0) is 6.61 Å². The molecule has 156 valence electrons. The van der Waals surface area contributed by atoms with Gasteiger partial charge in [-0.3, -0.25) is 4.79 Å². The summed E-state index contributed by atoms with van der Waals surface area (Å²) in [5, 5.41) is 3.69. The molecule has 1 fully saturated rings. The molecule has 0 atom stereocenters. The number of benzene rings is 2. The molecular weight excluding hydrogens is 358 g/mol. The van der Waals surface area contributed by atoms with Gasteiger partial charge >= 0.3 is 0 Å². The Bertz CT molecular complexity index is 829. The zero-order chi connectivity index (χ0) is 21.2. The summed E-state index contributed by atoms with van der Waals surface area (Å²) in [5.41, 5.74) is 4.31. The topological polar surface area (TPSA) is 38.3 Å². The van der Waals surface area contributed by atoms with Crippen LogP contribution in [0.2, 0.25) is 0 Å². The number of ketones is 1. The maximum absolute atomic E-state index is 12.9. The summed E-state index contributed by atoms with van der Waals surface area (Å²) in [4.78, 5) is 12.9. The lowest BCUT2D eigenvalue weighted by Gasteiger charge is -2.46. The van der Waals surface area contributed by atoms with Crippen molar-refractivity contribution in [3.63, 3.8) is 0 Å². The number of piperidine rings is 1. The zero-order valence-corrected chi connectivity index (χ0v) is 18.8. The van der Waals surface area contributed by atoms with Crippen LogP contribution in [-0.4, -0.2) is 16.9 Å². The van der Waals surface area contributed by atoms with E-state index in [1.165, 1.54) is 0 Å². The minimum absolute atomic E-state index is 0.0710. The summed E-state index contributed by atoms with van der Waals surface area (Å²) in [7, 11) is 0. The summed E-state index contributed by atoms with van der Waals surface area (Å²) in [6, 6.07) is 14.1. The van der Waals surface area contributed by atoms with Crippen LogP contribution in [0.1, 0.15) is 74.0 Å². The molecule has 0 bridgehead atoms. The quantitative estimate of drug-likeness (QED) is 0.611. The van der Waals surface area contributed by atoms with E-state index in [0.29, 0.717) is 18.9 Å². The molecule has 3 rings (SSSR count). The molecule has 0 aromatic heterocycles. The lowest BCUT2D eigenvalue weighted by molar-refractivity contribution is 0.0864. The highest BCUT2D eigenvalue weighted by Crippen LogP contribution is 2.35. The van der Waals surface area contributed by atoms with Crippen LogP contribution in [0, 0.1) is 19.8 Å². The summed E-state index contributed by atoms with van der Waals surface area (Å²) >= 11 is 0. The van der Waals surface area contributed by atoms with Crippen LogP contribution in [0.5, 0.6) is 5.75 Å². The van der Waals surface area contributed by atoms with E-state index >= 15 is 0 Å². The Hall–Kier alpha value is -2.13. The average Bonchev–Trinajstić information content (AvgIpc) is 2.59. The third-order valence-electron chi connectivity index (χ3n) is 5.82. The van der Waals surface area contributed by atoms with E-state index in [9.17, 15) is 4.79 Å². The molecule has 0 unspecified atom stereocenters. The number of carbonyl (C=O) groups excluding carboxylic acids is 1. The first-order valence-corrected chi connectivity index (χ1v) is 10.7. The Morgan fingerprint density at radius 2 is 1.52 bits per heavy atom. The van der Waals surface area contributed by atoms with Gasteiger partial charge in [0.05, 0.1) is 0 Å². The number of para-hydroxylation sites is 1. The van der Waals surface area contributed by atoms with E-state index in [-0.39, 0.29) is 16.9 Å². The van der Waals surface area contributed by atoms with Crippen molar-refractivity contribution in [1.29, 1.82) is 0 Å². The fourth-order valence-electron chi connectivity index (χ4n) is 5.03. The Kier molecular flexibility index (Phi) is 6.19. The highest BCUT2D eigenvalue weighted by Gasteiger charge is 2.38. The molecule has 1 aliphatic rings. The molecule has 3 nitrogen and oxygen atoms in total. The van der Waals surface area contributed by atoms with E-state index in [1.54, 1.807) is 0 Å². The number of nitrogens with one attached hydrogen (secondary N) is 1. The van der Waals surface area contributed by atoms with Crippen molar-refractivity contribution < 1.29 is 9.53 Å². The smallest absolute Gasteiger partial charge is 0.163 e. The highest BCUT2D eigenvalue weighted by atomic mass is 16.5. The van der Waals surface area contributed by atoms with Crippen LogP contribution in [0.15, 0.2) is 42.5 Å². The lowest BCUT2D eigenvalue weighted by Crippen LogP contribution is -2.57. The standard InChI is InChI=1S/C26H35NO2/c1-18-8-7-9-19(2)24(18)29-17-20-10-12-22(13-11-20)23(28)14-21-15-25(3,4)27-26(5,6)16-21/h7-13,21,27H,14-17H2,1-6H3. The van der Waals surface area contributed by atoms with Gasteiger partial charge in [-0.05, 0) is 77.0 Å². The number of Topliss-reactive ketones (excluding diaryl/α,β-unsaturated/α-hetero) is 1. The SMILES string of the molecule is Cc1cccc(C)c1OCc1ccc(C(=O)CC2CC(C)(C)NC(C)(C)C2)cc1.